The summed E-state index contributed by atoms with van der Waals surface area (Å²) in [5, 5.41) is 9.95. The first-order chi connectivity index (χ1) is 12.3. The summed E-state index contributed by atoms with van der Waals surface area (Å²) in [5.41, 5.74) is 6.01. The second-order valence-electron chi connectivity index (χ2n) is 5.24. The molecule has 7 nitrogen and oxygen atoms in total. The van der Waals surface area contributed by atoms with Crippen molar-refractivity contribution in [2.75, 3.05) is 13.2 Å². The highest BCUT2D eigenvalue weighted by Crippen LogP contribution is 2.47. The molecule has 0 spiro atoms. The minimum Gasteiger partial charge on any atom is -0.465 e. The smallest absolute Gasteiger partial charge is 0.340 e. The van der Waals surface area contributed by atoms with Gasteiger partial charge >= 0.3 is 11.9 Å². The zero-order valence-electron chi connectivity index (χ0n) is 14.0. The molecule has 1 aliphatic heterocycles. The number of carbonyl (C=O) groups is 2. The maximum Gasteiger partial charge on any atom is 0.340 e. The van der Waals surface area contributed by atoms with E-state index < -0.39 is 23.8 Å². The van der Waals surface area contributed by atoms with E-state index in [2.05, 4.69) is 0 Å². The highest BCUT2D eigenvalue weighted by Gasteiger charge is 2.44. The second-order valence-corrected chi connectivity index (χ2v) is 6.09. The van der Waals surface area contributed by atoms with E-state index in [0.717, 1.165) is 0 Å². The van der Waals surface area contributed by atoms with Crippen molar-refractivity contribution < 1.29 is 23.8 Å². The number of hydrogen-bond donors (Lipinski definition) is 1. The van der Waals surface area contributed by atoms with Gasteiger partial charge in [0.25, 0.3) is 0 Å². The van der Waals surface area contributed by atoms with Gasteiger partial charge in [-0.3, -0.25) is 4.79 Å². The molecule has 1 heterocycles. The van der Waals surface area contributed by atoms with E-state index in [-0.39, 0.29) is 46.0 Å². The van der Waals surface area contributed by atoms with E-state index >= 15 is 0 Å². The third-order valence-corrected chi connectivity index (χ3v) is 4.17. The van der Waals surface area contributed by atoms with E-state index in [1.165, 1.54) is 12.1 Å². The molecule has 2 atom stereocenters. The van der Waals surface area contributed by atoms with Crippen LogP contribution in [0, 0.1) is 17.2 Å². The lowest BCUT2D eigenvalue weighted by Crippen LogP contribution is -2.34. The van der Waals surface area contributed by atoms with E-state index in [4.69, 9.17) is 43.1 Å². The number of carbonyl (C=O) groups excluding carboxylic acids is 2. The van der Waals surface area contributed by atoms with Crippen LogP contribution in [0.3, 0.4) is 0 Å². The van der Waals surface area contributed by atoms with Crippen LogP contribution >= 0.6 is 23.2 Å². The summed E-state index contributed by atoms with van der Waals surface area (Å²) in [6.45, 7) is 3.36. The molecular formula is C17H16Cl2N2O5. The molecule has 0 fully saturated rings. The maximum absolute atomic E-state index is 12.4. The molecule has 0 saturated carbocycles. The van der Waals surface area contributed by atoms with Gasteiger partial charge in [0, 0.05) is 10.6 Å². The first kappa shape index (κ1) is 19.9. The number of halogens is 2. The summed E-state index contributed by atoms with van der Waals surface area (Å²) in [6, 6.07) is 4.75. The monoisotopic (exact) mass is 398 g/mol. The van der Waals surface area contributed by atoms with Crippen LogP contribution in [0.2, 0.25) is 10.0 Å². The van der Waals surface area contributed by atoms with Crippen molar-refractivity contribution in [1.29, 1.82) is 5.26 Å². The predicted molar refractivity (Wildman–Crippen MR) is 93.4 cm³/mol. The van der Waals surface area contributed by atoms with Crippen LogP contribution in [0.5, 0.6) is 5.75 Å². The number of rotatable bonds is 5. The summed E-state index contributed by atoms with van der Waals surface area (Å²) >= 11 is 12.2. The number of nitrogens with two attached hydrogens (primary N) is 1. The fraction of sp³-hybridized carbons (Fsp3) is 0.353. The molecule has 26 heavy (non-hydrogen) atoms. The number of ether oxygens (including phenoxy) is 3. The molecule has 0 aliphatic carbocycles. The van der Waals surface area contributed by atoms with Crippen LogP contribution < -0.4 is 10.5 Å². The molecular weight excluding hydrogens is 383 g/mol. The largest absolute Gasteiger partial charge is 0.465 e. The van der Waals surface area contributed by atoms with Gasteiger partial charge in [-0.25, -0.2) is 4.79 Å². The predicted octanol–water partition coefficient (Wildman–Crippen LogP) is 2.91. The van der Waals surface area contributed by atoms with Gasteiger partial charge in [-0.05, 0) is 26.0 Å². The molecule has 0 amide bonds. The average Bonchev–Trinajstić information content (AvgIpc) is 2.56. The van der Waals surface area contributed by atoms with Crippen molar-refractivity contribution in [2.24, 2.45) is 11.7 Å². The molecule has 2 rings (SSSR count). The number of esters is 2. The van der Waals surface area contributed by atoms with Gasteiger partial charge in [-0.1, -0.05) is 23.2 Å². The first-order valence-electron chi connectivity index (χ1n) is 7.75. The lowest BCUT2D eigenvalue weighted by Gasteiger charge is -2.30. The molecule has 0 unspecified atom stereocenters. The number of fused-ring (bicyclic) bond motifs is 1. The standard InChI is InChI=1S/C17H16Cl2N2O5/c1-3-24-16(22)10(7-20)12-9-5-8(18)6-11(19)14(9)26-15(21)13(12)17(23)25-4-2/h5-6,10,12H,3-4,21H2,1-2H3/t10-,12-/m0/s1. The van der Waals surface area contributed by atoms with Crippen molar-refractivity contribution in [3.63, 3.8) is 0 Å². The zero-order valence-corrected chi connectivity index (χ0v) is 15.6. The van der Waals surface area contributed by atoms with Gasteiger partial charge in [-0.15, -0.1) is 0 Å². The number of nitriles is 1. The Morgan fingerprint density at radius 2 is 1.96 bits per heavy atom. The number of hydrogen-bond acceptors (Lipinski definition) is 7. The molecule has 0 saturated heterocycles. The summed E-state index contributed by atoms with van der Waals surface area (Å²) in [4.78, 5) is 24.8. The topological polar surface area (TPSA) is 112 Å². The Labute approximate surface area is 160 Å². The number of benzene rings is 1. The van der Waals surface area contributed by atoms with Crippen molar-refractivity contribution in [2.45, 2.75) is 19.8 Å². The van der Waals surface area contributed by atoms with E-state index in [1.807, 2.05) is 6.07 Å². The molecule has 0 aromatic heterocycles. The van der Waals surface area contributed by atoms with Crippen LogP contribution in [0.25, 0.3) is 0 Å². The number of nitrogens with zero attached hydrogens (tertiary/aromatic N) is 1. The van der Waals surface area contributed by atoms with Gasteiger partial charge in [0.2, 0.25) is 5.88 Å². The lowest BCUT2D eigenvalue weighted by molar-refractivity contribution is -0.146. The highest BCUT2D eigenvalue weighted by atomic mass is 35.5. The van der Waals surface area contributed by atoms with E-state index in [0.29, 0.717) is 0 Å². The van der Waals surface area contributed by atoms with Crippen LogP contribution in [-0.2, 0) is 19.1 Å². The summed E-state index contributed by atoms with van der Waals surface area (Å²) in [6.07, 6.45) is 0. The summed E-state index contributed by atoms with van der Waals surface area (Å²) in [7, 11) is 0. The van der Waals surface area contributed by atoms with Gasteiger partial charge in [0.05, 0.1) is 30.2 Å². The highest BCUT2D eigenvalue weighted by molar-refractivity contribution is 6.35. The molecule has 9 heteroatoms. The minimum atomic E-state index is -1.37. The third-order valence-electron chi connectivity index (χ3n) is 3.67. The minimum absolute atomic E-state index is 0.0668. The fourth-order valence-corrected chi connectivity index (χ4v) is 3.22. The van der Waals surface area contributed by atoms with Crippen LogP contribution in [-0.4, -0.2) is 25.2 Å². The Kier molecular flexibility index (Phi) is 6.35. The zero-order chi connectivity index (χ0) is 19.4. The van der Waals surface area contributed by atoms with E-state index in [1.54, 1.807) is 13.8 Å². The SMILES string of the molecule is CCOC(=O)C1=C(N)Oc2c(Cl)cc(Cl)cc2[C@H]1[C@H](C#N)C(=O)OCC. The van der Waals surface area contributed by atoms with Gasteiger partial charge < -0.3 is 19.9 Å². The normalized spacial score (nSPS) is 16.8. The molecule has 138 valence electrons. The van der Waals surface area contributed by atoms with Gasteiger partial charge in [-0.2, -0.15) is 5.26 Å². The molecule has 1 aromatic carbocycles. The average molecular weight is 399 g/mol. The molecule has 0 radical (unpaired) electrons. The van der Waals surface area contributed by atoms with Crippen LogP contribution in [0.4, 0.5) is 0 Å². The Balaban J connectivity index is 2.70. The van der Waals surface area contributed by atoms with Crippen LogP contribution in [0.15, 0.2) is 23.6 Å². The summed E-state index contributed by atoms with van der Waals surface area (Å²) < 4.78 is 15.4. The first-order valence-corrected chi connectivity index (χ1v) is 8.51. The maximum atomic E-state index is 12.4. The Hall–Kier alpha value is -2.43. The lowest BCUT2D eigenvalue weighted by atomic mass is 9.79. The Morgan fingerprint density at radius 1 is 1.31 bits per heavy atom. The Bertz CT molecular complexity index is 816. The Morgan fingerprint density at radius 3 is 2.54 bits per heavy atom. The second kappa shape index (κ2) is 8.30. The summed E-state index contributed by atoms with van der Waals surface area (Å²) in [5.74, 6) is -4.26. The van der Waals surface area contributed by atoms with Crippen LogP contribution in [0.1, 0.15) is 25.3 Å². The molecule has 0 bridgehead atoms. The van der Waals surface area contributed by atoms with Crippen molar-refractivity contribution in [3.8, 4) is 11.8 Å². The molecule has 1 aliphatic rings. The third kappa shape index (κ3) is 3.71. The fourth-order valence-electron chi connectivity index (χ4n) is 2.67. The van der Waals surface area contributed by atoms with Gasteiger partial charge in [0.15, 0.2) is 11.7 Å². The van der Waals surface area contributed by atoms with E-state index in [9.17, 15) is 14.9 Å². The molecule has 1 aromatic rings. The van der Waals surface area contributed by atoms with Crippen molar-refractivity contribution in [3.05, 3.63) is 39.2 Å². The van der Waals surface area contributed by atoms with Crippen molar-refractivity contribution >= 4 is 35.1 Å². The quantitative estimate of drug-likeness (QED) is 0.758. The van der Waals surface area contributed by atoms with Gasteiger partial charge in [0.1, 0.15) is 5.57 Å². The van der Waals surface area contributed by atoms with Crippen molar-refractivity contribution in [1.82, 2.24) is 0 Å². The molecule has 2 N–H and O–H groups in total.